The Labute approximate surface area is 150 Å². The van der Waals surface area contributed by atoms with Crippen molar-refractivity contribution < 1.29 is 18.8 Å². The zero-order valence-electron chi connectivity index (χ0n) is 14.8. The highest BCUT2D eigenvalue weighted by molar-refractivity contribution is 5.99. The molecule has 0 aliphatic rings. The summed E-state index contributed by atoms with van der Waals surface area (Å²) in [5.41, 5.74) is 2.25. The lowest BCUT2D eigenvalue weighted by Crippen LogP contribution is -2.24. The Hall–Kier alpha value is -3.35. The molecule has 0 fully saturated rings. The van der Waals surface area contributed by atoms with Gasteiger partial charge in [0.05, 0.1) is 20.8 Å². The number of carbonyl (C=O) groups is 1. The lowest BCUT2D eigenvalue weighted by Gasteiger charge is -2.12. The highest BCUT2D eigenvalue weighted by Gasteiger charge is 2.19. The first-order valence-corrected chi connectivity index (χ1v) is 8.01. The minimum atomic E-state index is -0.352. The van der Waals surface area contributed by atoms with E-state index in [2.05, 4.69) is 15.5 Å². The zero-order chi connectivity index (χ0) is 18.5. The number of rotatable bonds is 6. The van der Waals surface area contributed by atoms with Gasteiger partial charge in [-0.15, -0.1) is 0 Å². The van der Waals surface area contributed by atoms with Crippen LogP contribution in [0, 0.1) is 6.92 Å². The number of nitrogens with one attached hydrogen (secondary N) is 1. The van der Waals surface area contributed by atoms with Gasteiger partial charge in [0.1, 0.15) is 17.1 Å². The van der Waals surface area contributed by atoms with Gasteiger partial charge in [0.2, 0.25) is 11.7 Å². The molecule has 0 aliphatic carbocycles. The summed E-state index contributed by atoms with van der Waals surface area (Å²) in [5, 5.41) is 6.73. The first-order valence-electron chi connectivity index (χ1n) is 8.01. The van der Waals surface area contributed by atoms with Gasteiger partial charge in [0.25, 0.3) is 5.91 Å². The van der Waals surface area contributed by atoms with Crippen LogP contribution >= 0.6 is 0 Å². The lowest BCUT2D eigenvalue weighted by atomic mass is 10.1. The largest absolute Gasteiger partial charge is 0.496 e. The van der Waals surface area contributed by atoms with Crippen LogP contribution in [0.2, 0.25) is 0 Å². The molecule has 0 unspecified atom stereocenters. The Kier molecular flexibility index (Phi) is 5.17. The molecule has 0 saturated heterocycles. The molecule has 0 aliphatic heterocycles. The van der Waals surface area contributed by atoms with E-state index in [0.717, 1.165) is 11.1 Å². The molecular weight excluding hydrogens is 334 g/mol. The standard InChI is InChI=1S/C19H19N3O4/c1-12-7-4-5-8-13(12)18-21-16(26-22-18)11-20-19(23)17-14(24-2)9-6-10-15(17)25-3/h4-10H,11H2,1-3H3,(H,20,23). The van der Waals surface area contributed by atoms with Crippen molar-refractivity contribution in [2.24, 2.45) is 0 Å². The molecule has 7 heteroatoms. The van der Waals surface area contributed by atoms with Gasteiger partial charge in [-0.25, -0.2) is 0 Å². The normalized spacial score (nSPS) is 10.4. The van der Waals surface area contributed by atoms with Crippen LogP contribution in [0.3, 0.4) is 0 Å². The molecule has 3 rings (SSSR count). The molecular formula is C19H19N3O4. The van der Waals surface area contributed by atoms with Gasteiger partial charge in [0.15, 0.2) is 0 Å². The van der Waals surface area contributed by atoms with Crippen molar-refractivity contribution in [2.75, 3.05) is 14.2 Å². The Morgan fingerprint density at radius 2 is 1.77 bits per heavy atom. The summed E-state index contributed by atoms with van der Waals surface area (Å²) in [6.07, 6.45) is 0. The second kappa shape index (κ2) is 7.69. The molecule has 1 heterocycles. The van der Waals surface area contributed by atoms with Crippen LogP contribution in [-0.4, -0.2) is 30.3 Å². The fourth-order valence-electron chi connectivity index (χ4n) is 2.58. The Morgan fingerprint density at radius 3 is 2.42 bits per heavy atom. The predicted molar refractivity (Wildman–Crippen MR) is 95.2 cm³/mol. The van der Waals surface area contributed by atoms with E-state index in [4.69, 9.17) is 14.0 Å². The van der Waals surface area contributed by atoms with Crippen LogP contribution in [-0.2, 0) is 6.54 Å². The maximum Gasteiger partial charge on any atom is 0.259 e. The number of nitrogens with zero attached hydrogens (tertiary/aromatic N) is 2. The number of aryl methyl sites for hydroxylation is 1. The summed E-state index contributed by atoms with van der Waals surface area (Å²) in [5.74, 6) is 1.29. The van der Waals surface area contributed by atoms with Gasteiger partial charge in [-0.2, -0.15) is 4.98 Å². The van der Waals surface area contributed by atoms with Crippen molar-refractivity contribution in [1.29, 1.82) is 0 Å². The van der Waals surface area contributed by atoms with Gasteiger partial charge < -0.3 is 19.3 Å². The number of hydrogen-bond acceptors (Lipinski definition) is 6. The SMILES string of the molecule is COc1cccc(OC)c1C(=O)NCc1nc(-c2ccccc2C)no1. The number of carbonyl (C=O) groups excluding carboxylic acids is 1. The van der Waals surface area contributed by atoms with Crippen molar-refractivity contribution in [3.05, 3.63) is 59.5 Å². The number of methoxy groups -OCH3 is 2. The van der Waals surface area contributed by atoms with Crippen molar-refractivity contribution in [2.45, 2.75) is 13.5 Å². The molecule has 1 aromatic heterocycles. The van der Waals surface area contributed by atoms with Crippen molar-refractivity contribution in [3.63, 3.8) is 0 Å². The van der Waals surface area contributed by atoms with Crippen LogP contribution in [0.5, 0.6) is 11.5 Å². The molecule has 3 aromatic rings. The van der Waals surface area contributed by atoms with Crippen LogP contribution < -0.4 is 14.8 Å². The second-order valence-electron chi connectivity index (χ2n) is 5.55. The molecule has 2 aromatic carbocycles. The Balaban J connectivity index is 1.75. The highest BCUT2D eigenvalue weighted by Crippen LogP contribution is 2.28. The van der Waals surface area contributed by atoms with E-state index in [0.29, 0.717) is 28.8 Å². The van der Waals surface area contributed by atoms with Crippen molar-refractivity contribution in [3.8, 4) is 22.9 Å². The fraction of sp³-hybridized carbons (Fsp3) is 0.211. The first-order chi connectivity index (χ1) is 12.6. The number of ether oxygens (including phenoxy) is 2. The first kappa shape index (κ1) is 17.5. The number of benzene rings is 2. The number of aromatic nitrogens is 2. The average molecular weight is 353 g/mol. The summed E-state index contributed by atoms with van der Waals surface area (Å²) >= 11 is 0. The van der Waals surface area contributed by atoms with E-state index in [1.165, 1.54) is 14.2 Å². The van der Waals surface area contributed by atoms with E-state index in [-0.39, 0.29) is 12.5 Å². The van der Waals surface area contributed by atoms with Gasteiger partial charge in [-0.3, -0.25) is 4.79 Å². The third kappa shape index (κ3) is 3.51. The molecule has 1 amide bonds. The molecule has 1 N–H and O–H groups in total. The van der Waals surface area contributed by atoms with Gasteiger partial charge in [-0.05, 0) is 24.6 Å². The minimum absolute atomic E-state index is 0.0961. The highest BCUT2D eigenvalue weighted by atomic mass is 16.5. The summed E-state index contributed by atoms with van der Waals surface area (Å²) in [6.45, 7) is 2.07. The molecule has 0 atom stereocenters. The Morgan fingerprint density at radius 1 is 1.08 bits per heavy atom. The molecule has 134 valence electrons. The maximum atomic E-state index is 12.5. The smallest absolute Gasteiger partial charge is 0.259 e. The quantitative estimate of drug-likeness (QED) is 0.733. The number of hydrogen-bond donors (Lipinski definition) is 1. The average Bonchev–Trinajstić information content (AvgIpc) is 3.14. The third-order valence-electron chi connectivity index (χ3n) is 3.91. The molecule has 0 spiro atoms. The maximum absolute atomic E-state index is 12.5. The lowest BCUT2D eigenvalue weighted by molar-refractivity contribution is 0.0940. The van der Waals surface area contributed by atoms with Crippen molar-refractivity contribution >= 4 is 5.91 Å². The van der Waals surface area contributed by atoms with E-state index in [1.807, 2.05) is 31.2 Å². The van der Waals surface area contributed by atoms with E-state index >= 15 is 0 Å². The van der Waals surface area contributed by atoms with E-state index < -0.39 is 0 Å². The third-order valence-corrected chi connectivity index (χ3v) is 3.91. The number of amides is 1. The summed E-state index contributed by atoms with van der Waals surface area (Å²) in [6, 6.07) is 12.9. The summed E-state index contributed by atoms with van der Waals surface area (Å²) in [4.78, 5) is 16.9. The second-order valence-corrected chi connectivity index (χ2v) is 5.55. The monoisotopic (exact) mass is 353 g/mol. The van der Waals surface area contributed by atoms with Gasteiger partial charge >= 0.3 is 0 Å². The summed E-state index contributed by atoms with van der Waals surface area (Å²) < 4.78 is 15.7. The van der Waals surface area contributed by atoms with E-state index in [1.54, 1.807) is 18.2 Å². The van der Waals surface area contributed by atoms with Gasteiger partial charge in [-0.1, -0.05) is 35.5 Å². The molecule has 0 bridgehead atoms. The minimum Gasteiger partial charge on any atom is -0.496 e. The van der Waals surface area contributed by atoms with Crippen molar-refractivity contribution in [1.82, 2.24) is 15.5 Å². The zero-order valence-corrected chi connectivity index (χ0v) is 14.8. The van der Waals surface area contributed by atoms with Crippen LogP contribution in [0.25, 0.3) is 11.4 Å². The van der Waals surface area contributed by atoms with Gasteiger partial charge in [0, 0.05) is 5.56 Å². The molecule has 26 heavy (non-hydrogen) atoms. The Bertz CT molecular complexity index is 898. The molecule has 0 radical (unpaired) electrons. The molecule has 7 nitrogen and oxygen atoms in total. The fourth-order valence-corrected chi connectivity index (χ4v) is 2.58. The van der Waals surface area contributed by atoms with Crippen LogP contribution in [0.1, 0.15) is 21.8 Å². The van der Waals surface area contributed by atoms with Crippen LogP contribution in [0.4, 0.5) is 0 Å². The van der Waals surface area contributed by atoms with E-state index in [9.17, 15) is 4.79 Å². The molecule has 0 saturated carbocycles. The summed E-state index contributed by atoms with van der Waals surface area (Å²) in [7, 11) is 3.00. The topological polar surface area (TPSA) is 86.5 Å². The van der Waals surface area contributed by atoms with Crippen LogP contribution in [0.15, 0.2) is 47.0 Å². The predicted octanol–water partition coefficient (Wildman–Crippen LogP) is 2.99.